The number of hydrogen-bond acceptors (Lipinski definition) is 5. The van der Waals surface area contributed by atoms with Crippen molar-refractivity contribution < 1.29 is 13.9 Å². The Morgan fingerprint density at radius 2 is 1.96 bits per heavy atom. The van der Waals surface area contributed by atoms with E-state index in [0.717, 1.165) is 21.7 Å². The van der Waals surface area contributed by atoms with Gasteiger partial charge in [0.1, 0.15) is 11.6 Å². The Morgan fingerprint density at radius 3 is 2.71 bits per heavy atom. The molecule has 1 N–H and O–H groups in total. The van der Waals surface area contributed by atoms with Crippen LogP contribution < -0.4 is 5.32 Å². The van der Waals surface area contributed by atoms with Crippen molar-refractivity contribution in [2.75, 3.05) is 12.4 Å². The van der Waals surface area contributed by atoms with E-state index in [9.17, 15) is 9.18 Å². The third-order valence-electron chi connectivity index (χ3n) is 4.53. The number of esters is 1. The van der Waals surface area contributed by atoms with Gasteiger partial charge in [-0.1, -0.05) is 11.6 Å². The molecule has 0 amide bonds. The van der Waals surface area contributed by atoms with Gasteiger partial charge in [-0.05, 0) is 48.9 Å². The molecule has 2 aromatic carbocycles. The second-order valence-electron chi connectivity index (χ2n) is 6.31. The van der Waals surface area contributed by atoms with Crippen molar-refractivity contribution >= 4 is 50.8 Å². The summed E-state index contributed by atoms with van der Waals surface area (Å²) in [6.07, 6.45) is 3.42. The first-order valence-electron chi connectivity index (χ1n) is 8.46. The lowest BCUT2D eigenvalue weighted by molar-refractivity contribution is 0.0600. The molecule has 0 saturated heterocycles. The van der Waals surface area contributed by atoms with Crippen LogP contribution in [0.2, 0.25) is 5.02 Å². The Bertz CT molecular complexity index is 1240. The van der Waals surface area contributed by atoms with E-state index in [1.165, 1.54) is 19.2 Å². The normalized spacial score (nSPS) is 11.0. The lowest BCUT2D eigenvalue weighted by Gasteiger charge is -2.13. The van der Waals surface area contributed by atoms with E-state index in [2.05, 4.69) is 15.3 Å². The predicted octanol–water partition coefficient (Wildman–Crippen LogP) is 5.41. The van der Waals surface area contributed by atoms with E-state index in [-0.39, 0.29) is 5.02 Å². The molecule has 0 bridgehead atoms. The van der Waals surface area contributed by atoms with E-state index in [4.69, 9.17) is 16.3 Å². The lowest BCUT2D eigenvalue weighted by Crippen LogP contribution is -2.05. The first-order chi connectivity index (χ1) is 13.5. The molecule has 0 aliphatic rings. The molecule has 140 valence electrons. The molecule has 0 atom stereocenters. The number of pyridine rings is 2. The number of nitrogens with zero attached hydrogens (tertiary/aromatic N) is 2. The highest BCUT2D eigenvalue weighted by molar-refractivity contribution is 6.31. The minimum atomic E-state index is -0.494. The maximum atomic E-state index is 13.5. The van der Waals surface area contributed by atoms with Gasteiger partial charge in [0, 0.05) is 34.2 Å². The van der Waals surface area contributed by atoms with Crippen molar-refractivity contribution in [1.29, 1.82) is 0 Å². The van der Waals surface area contributed by atoms with Gasteiger partial charge < -0.3 is 10.1 Å². The van der Waals surface area contributed by atoms with E-state index < -0.39 is 11.8 Å². The number of nitrogens with one attached hydrogen (secondary N) is 1. The fourth-order valence-corrected chi connectivity index (χ4v) is 3.32. The number of methoxy groups -OCH3 is 1. The Balaban J connectivity index is 1.94. The average Bonchev–Trinajstić information content (AvgIpc) is 2.70. The molecule has 0 radical (unpaired) electrons. The van der Waals surface area contributed by atoms with Crippen molar-refractivity contribution in [1.82, 2.24) is 9.97 Å². The highest BCUT2D eigenvalue weighted by Crippen LogP contribution is 2.32. The second kappa shape index (κ2) is 7.05. The van der Waals surface area contributed by atoms with Gasteiger partial charge in [0.05, 0.1) is 23.2 Å². The summed E-state index contributed by atoms with van der Waals surface area (Å²) in [6.45, 7) is 1.85. The fraction of sp³-hybridized carbons (Fsp3) is 0.0952. The molecule has 5 nitrogen and oxygen atoms in total. The lowest BCUT2D eigenvalue weighted by atomic mass is 10.0. The zero-order chi connectivity index (χ0) is 19.8. The van der Waals surface area contributed by atoms with Crippen molar-refractivity contribution in [3.8, 4) is 0 Å². The number of aryl methyl sites for hydroxylation is 1. The van der Waals surface area contributed by atoms with Gasteiger partial charge >= 0.3 is 5.97 Å². The third kappa shape index (κ3) is 3.12. The van der Waals surface area contributed by atoms with Crippen LogP contribution in [0.1, 0.15) is 15.9 Å². The number of ether oxygens (including phenoxy) is 1. The molecular weight excluding hydrogens is 381 g/mol. The number of rotatable bonds is 3. The van der Waals surface area contributed by atoms with Crippen LogP contribution in [0.25, 0.3) is 21.7 Å². The van der Waals surface area contributed by atoms with E-state index in [1.807, 2.05) is 19.1 Å². The minimum Gasteiger partial charge on any atom is -0.465 e. The Kier molecular flexibility index (Phi) is 4.57. The second-order valence-corrected chi connectivity index (χ2v) is 6.72. The maximum absolute atomic E-state index is 13.5. The van der Waals surface area contributed by atoms with Crippen LogP contribution in [0.3, 0.4) is 0 Å². The molecule has 0 spiro atoms. The SMILES string of the molecule is COC(=O)c1cc2nc(Nc3ccc(F)c(Cl)c3)c3ccncc3c2cc1C. The van der Waals surface area contributed by atoms with Gasteiger partial charge in [-0.3, -0.25) is 4.98 Å². The Hall–Kier alpha value is -3.25. The molecule has 2 heterocycles. The molecular formula is C21H15ClFN3O2. The number of carbonyl (C=O) groups is 1. The highest BCUT2D eigenvalue weighted by atomic mass is 35.5. The summed E-state index contributed by atoms with van der Waals surface area (Å²) in [4.78, 5) is 21.0. The summed E-state index contributed by atoms with van der Waals surface area (Å²) in [7, 11) is 1.34. The molecule has 0 aliphatic carbocycles. The number of aromatic nitrogens is 2. The number of anilines is 2. The summed E-state index contributed by atoms with van der Waals surface area (Å²) in [5.41, 5.74) is 2.44. The number of hydrogen-bond donors (Lipinski definition) is 1. The number of fused-ring (bicyclic) bond motifs is 3. The van der Waals surface area contributed by atoms with Gasteiger partial charge in [0.25, 0.3) is 0 Å². The fourth-order valence-electron chi connectivity index (χ4n) is 3.14. The van der Waals surface area contributed by atoms with Crippen LogP contribution in [0, 0.1) is 12.7 Å². The van der Waals surface area contributed by atoms with Crippen LogP contribution in [0.15, 0.2) is 48.8 Å². The molecule has 0 saturated carbocycles. The Labute approximate surface area is 165 Å². The molecule has 0 unspecified atom stereocenters. The van der Waals surface area contributed by atoms with Crippen LogP contribution in [0.5, 0.6) is 0 Å². The largest absolute Gasteiger partial charge is 0.465 e. The number of benzene rings is 2. The molecule has 0 fully saturated rings. The average molecular weight is 396 g/mol. The summed E-state index contributed by atoms with van der Waals surface area (Å²) in [5, 5.41) is 5.78. The topological polar surface area (TPSA) is 64.1 Å². The summed E-state index contributed by atoms with van der Waals surface area (Å²) < 4.78 is 18.3. The van der Waals surface area contributed by atoms with Crippen LogP contribution >= 0.6 is 11.6 Å². The first-order valence-corrected chi connectivity index (χ1v) is 8.84. The Morgan fingerprint density at radius 1 is 1.14 bits per heavy atom. The van der Waals surface area contributed by atoms with Crippen molar-refractivity contribution in [2.45, 2.75) is 6.92 Å². The van der Waals surface area contributed by atoms with E-state index in [0.29, 0.717) is 22.6 Å². The quantitative estimate of drug-likeness (QED) is 0.371. The van der Waals surface area contributed by atoms with Gasteiger partial charge in [-0.2, -0.15) is 0 Å². The van der Waals surface area contributed by atoms with Crippen molar-refractivity contribution in [2.24, 2.45) is 0 Å². The molecule has 28 heavy (non-hydrogen) atoms. The zero-order valence-electron chi connectivity index (χ0n) is 15.1. The van der Waals surface area contributed by atoms with E-state index >= 15 is 0 Å². The van der Waals surface area contributed by atoms with Crippen molar-refractivity contribution in [3.63, 3.8) is 0 Å². The third-order valence-corrected chi connectivity index (χ3v) is 4.82. The van der Waals surface area contributed by atoms with Gasteiger partial charge in [-0.15, -0.1) is 0 Å². The smallest absolute Gasteiger partial charge is 0.338 e. The standard InChI is InChI=1S/C21H15ClFN3O2/c1-11-7-15-16-10-24-6-5-13(16)20(25-12-3-4-18(23)17(22)8-12)26-19(15)9-14(11)21(27)28-2/h3-10H,1-2H3,(H,25,26). The van der Waals surface area contributed by atoms with E-state index in [1.54, 1.807) is 24.5 Å². The monoisotopic (exact) mass is 395 g/mol. The van der Waals surface area contributed by atoms with Crippen molar-refractivity contribution in [3.05, 3.63) is 70.8 Å². The molecule has 7 heteroatoms. The molecule has 4 aromatic rings. The van der Waals surface area contributed by atoms with Crippen LogP contribution in [0.4, 0.5) is 15.9 Å². The maximum Gasteiger partial charge on any atom is 0.338 e. The first kappa shape index (κ1) is 18.1. The summed E-state index contributed by atoms with van der Waals surface area (Å²) >= 11 is 5.89. The van der Waals surface area contributed by atoms with Gasteiger partial charge in [-0.25, -0.2) is 14.2 Å². The minimum absolute atomic E-state index is 0.0142. The van der Waals surface area contributed by atoms with Gasteiger partial charge in [0.15, 0.2) is 0 Å². The van der Waals surface area contributed by atoms with Crippen LogP contribution in [-0.4, -0.2) is 23.0 Å². The molecule has 0 aliphatic heterocycles. The molecule has 4 rings (SSSR count). The zero-order valence-corrected chi connectivity index (χ0v) is 15.8. The predicted molar refractivity (Wildman–Crippen MR) is 108 cm³/mol. The molecule has 2 aromatic heterocycles. The number of carbonyl (C=O) groups excluding carboxylic acids is 1. The summed E-state index contributed by atoms with van der Waals surface area (Å²) in [5.74, 6) is -0.370. The van der Waals surface area contributed by atoms with Gasteiger partial charge in [0.2, 0.25) is 0 Å². The summed E-state index contributed by atoms with van der Waals surface area (Å²) in [6, 6.07) is 9.80. The van der Waals surface area contributed by atoms with Crippen LogP contribution in [-0.2, 0) is 4.74 Å². The highest BCUT2D eigenvalue weighted by Gasteiger charge is 2.15. The number of halogens is 2.